The summed E-state index contributed by atoms with van der Waals surface area (Å²) in [6.45, 7) is 2.03. The molecule has 0 saturated heterocycles. The second kappa shape index (κ2) is 7.36. The fourth-order valence-corrected chi connectivity index (χ4v) is 3.65. The van der Waals surface area contributed by atoms with E-state index in [9.17, 15) is 4.79 Å². The van der Waals surface area contributed by atoms with Crippen LogP contribution in [-0.2, 0) is 4.79 Å². The molecule has 2 rings (SSSR count). The second-order valence-electron chi connectivity index (χ2n) is 4.16. The molecule has 0 spiro atoms. The molecule has 0 bridgehead atoms. The second-order valence-corrected chi connectivity index (χ2v) is 6.62. The van der Waals surface area contributed by atoms with Crippen LogP contribution in [0.5, 0.6) is 5.75 Å². The van der Waals surface area contributed by atoms with Gasteiger partial charge in [0.2, 0.25) is 5.91 Å². The number of anilines is 1. The summed E-state index contributed by atoms with van der Waals surface area (Å²) in [5, 5.41) is 4.90. The average Bonchev–Trinajstić information content (AvgIpc) is 2.98. The molecule has 0 radical (unpaired) electrons. The van der Waals surface area contributed by atoms with Crippen LogP contribution in [0.3, 0.4) is 0 Å². The van der Waals surface area contributed by atoms with E-state index < -0.39 is 0 Å². The molecule has 1 aromatic carbocycles. The minimum Gasteiger partial charge on any atom is -0.497 e. The Balaban J connectivity index is 1.97. The summed E-state index contributed by atoms with van der Waals surface area (Å²) in [5.41, 5.74) is 0.793. The zero-order chi connectivity index (χ0) is 14.4. The molecular formula is C15H17NO2S2. The summed E-state index contributed by atoms with van der Waals surface area (Å²) in [7, 11) is 1.62. The number of thiophene rings is 1. The first-order valence-electron chi connectivity index (χ1n) is 6.38. The molecule has 0 fully saturated rings. The van der Waals surface area contributed by atoms with E-state index in [-0.39, 0.29) is 11.2 Å². The van der Waals surface area contributed by atoms with E-state index in [1.165, 1.54) is 4.21 Å². The standard InChI is InChI=1S/C15H17NO2S2/c1-3-13(20-14-5-4-10-19-14)15(17)16-11-6-8-12(18-2)9-7-11/h4-10,13H,3H2,1-2H3,(H,16,17). The predicted molar refractivity (Wildman–Crippen MR) is 85.9 cm³/mol. The van der Waals surface area contributed by atoms with Gasteiger partial charge in [-0.2, -0.15) is 0 Å². The maximum Gasteiger partial charge on any atom is 0.237 e. The Kier molecular flexibility index (Phi) is 5.49. The Labute approximate surface area is 127 Å². The van der Waals surface area contributed by atoms with Gasteiger partial charge in [-0.15, -0.1) is 23.1 Å². The molecule has 1 N–H and O–H groups in total. The number of thioether (sulfide) groups is 1. The molecule has 2 aromatic rings. The van der Waals surface area contributed by atoms with Crippen LogP contribution in [0.1, 0.15) is 13.3 Å². The molecule has 1 aromatic heterocycles. The van der Waals surface area contributed by atoms with Gasteiger partial charge in [0.15, 0.2) is 0 Å². The lowest BCUT2D eigenvalue weighted by atomic mass is 10.2. The monoisotopic (exact) mass is 307 g/mol. The molecular weight excluding hydrogens is 290 g/mol. The number of methoxy groups -OCH3 is 1. The van der Waals surface area contributed by atoms with Crippen LogP contribution in [0.15, 0.2) is 46.0 Å². The summed E-state index contributed by atoms with van der Waals surface area (Å²) in [4.78, 5) is 12.3. The Bertz CT molecular complexity index is 538. The van der Waals surface area contributed by atoms with Crippen LogP contribution in [-0.4, -0.2) is 18.3 Å². The van der Waals surface area contributed by atoms with Gasteiger partial charge in [0.25, 0.3) is 0 Å². The highest BCUT2D eigenvalue weighted by Crippen LogP contribution is 2.30. The Hall–Kier alpha value is -1.46. The number of ether oxygens (including phenoxy) is 1. The van der Waals surface area contributed by atoms with Gasteiger partial charge in [-0.1, -0.05) is 13.0 Å². The van der Waals surface area contributed by atoms with E-state index in [2.05, 4.69) is 5.32 Å². The van der Waals surface area contributed by atoms with Gasteiger partial charge in [-0.05, 0) is 42.1 Å². The van der Waals surface area contributed by atoms with Crippen LogP contribution < -0.4 is 10.1 Å². The number of hydrogen-bond acceptors (Lipinski definition) is 4. The third-order valence-electron chi connectivity index (χ3n) is 2.77. The summed E-state index contributed by atoms with van der Waals surface area (Å²) in [6, 6.07) is 11.4. The van der Waals surface area contributed by atoms with E-state index in [1.807, 2.05) is 48.7 Å². The van der Waals surface area contributed by atoms with Crippen molar-refractivity contribution in [3.05, 3.63) is 41.8 Å². The van der Waals surface area contributed by atoms with Gasteiger partial charge >= 0.3 is 0 Å². The number of rotatable bonds is 6. The number of nitrogens with one attached hydrogen (secondary N) is 1. The highest BCUT2D eigenvalue weighted by atomic mass is 32.2. The third kappa shape index (κ3) is 4.02. The minimum absolute atomic E-state index is 0.0380. The SMILES string of the molecule is CCC(Sc1cccs1)C(=O)Nc1ccc(OC)cc1. The first-order valence-corrected chi connectivity index (χ1v) is 8.14. The van der Waals surface area contributed by atoms with Gasteiger partial charge in [-0.3, -0.25) is 4.79 Å². The number of carbonyl (C=O) groups is 1. The van der Waals surface area contributed by atoms with E-state index in [4.69, 9.17) is 4.74 Å². The highest BCUT2D eigenvalue weighted by Gasteiger charge is 2.18. The molecule has 0 aliphatic heterocycles. The van der Waals surface area contributed by atoms with Crippen molar-refractivity contribution in [1.29, 1.82) is 0 Å². The van der Waals surface area contributed by atoms with E-state index >= 15 is 0 Å². The smallest absolute Gasteiger partial charge is 0.237 e. The molecule has 106 valence electrons. The van der Waals surface area contributed by atoms with Crippen molar-refractivity contribution in [2.75, 3.05) is 12.4 Å². The molecule has 3 nitrogen and oxygen atoms in total. The van der Waals surface area contributed by atoms with Gasteiger partial charge in [0, 0.05) is 5.69 Å². The number of hydrogen-bond donors (Lipinski definition) is 1. The molecule has 1 heterocycles. The third-order valence-corrected chi connectivity index (χ3v) is 5.21. The predicted octanol–water partition coefficient (Wildman–Crippen LogP) is 4.27. The maximum absolute atomic E-state index is 12.3. The van der Waals surface area contributed by atoms with Crippen LogP contribution in [0.4, 0.5) is 5.69 Å². The summed E-state index contributed by atoms with van der Waals surface area (Å²) >= 11 is 3.27. The Morgan fingerprint density at radius 1 is 1.35 bits per heavy atom. The number of carbonyl (C=O) groups excluding carboxylic acids is 1. The lowest BCUT2D eigenvalue weighted by molar-refractivity contribution is -0.115. The summed E-state index contributed by atoms with van der Waals surface area (Å²) < 4.78 is 6.27. The molecule has 20 heavy (non-hydrogen) atoms. The minimum atomic E-state index is -0.0734. The molecule has 1 atom stereocenters. The summed E-state index contributed by atoms with van der Waals surface area (Å²) in [6.07, 6.45) is 0.796. The Morgan fingerprint density at radius 3 is 2.65 bits per heavy atom. The quantitative estimate of drug-likeness (QED) is 0.810. The largest absolute Gasteiger partial charge is 0.497 e. The number of amides is 1. The zero-order valence-corrected chi connectivity index (χ0v) is 13.1. The van der Waals surface area contributed by atoms with Gasteiger partial charge < -0.3 is 10.1 Å². The van der Waals surface area contributed by atoms with Gasteiger partial charge in [0.05, 0.1) is 16.6 Å². The van der Waals surface area contributed by atoms with Crippen molar-refractivity contribution in [1.82, 2.24) is 0 Å². The van der Waals surface area contributed by atoms with Crippen LogP contribution in [0.25, 0.3) is 0 Å². The van der Waals surface area contributed by atoms with E-state index in [0.717, 1.165) is 17.9 Å². The van der Waals surface area contributed by atoms with Gasteiger partial charge in [-0.25, -0.2) is 0 Å². The first kappa shape index (κ1) is 14.9. The van der Waals surface area contributed by atoms with E-state index in [1.54, 1.807) is 30.2 Å². The highest BCUT2D eigenvalue weighted by molar-refractivity contribution is 8.02. The molecule has 0 aliphatic carbocycles. The molecule has 1 amide bonds. The van der Waals surface area contributed by atoms with Crippen LogP contribution >= 0.6 is 23.1 Å². The molecule has 5 heteroatoms. The number of benzene rings is 1. The summed E-state index contributed by atoms with van der Waals surface area (Å²) in [5.74, 6) is 0.819. The molecule has 0 aliphatic rings. The average molecular weight is 307 g/mol. The van der Waals surface area contributed by atoms with Crippen LogP contribution in [0, 0.1) is 0 Å². The molecule has 0 saturated carbocycles. The lowest BCUT2D eigenvalue weighted by Gasteiger charge is -2.14. The normalized spacial score (nSPS) is 11.9. The van der Waals surface area contributed by atoms with Crippen molar-refractivity contribution in [3.63, 3.8) is 0 Å². The van der Waals surface area contributed by atoms with Crippen molar-refractivity contribution >= 4 is 34.7 Å². The Morgan fingerprint density at radius 2 is 2.10 bits per heavy atom. The zero-order valence-electron chi connectivity index (χ0n) is 11.5. The van der Waals surface area contributed by atoms with E-state index in [0.29, 0.717) is 0 Å². The maximum atomic E-state index is 12.3. The van der Waals surface area contributed by atoms with Crippen molar-refractivity contribution in [3.8, 4) is 5.75 Å². The van der Waals surface area contributed by atoms with Crippen molar-refractivity contribution in [2.45, 2.75) is 22.8 Å². The van der Waals surface area contributed by atoms with Crippen LogP contribution in [0.2, 0.25) is 0 Å². The first-order chi connectivity index (χ1) is 9.72. The van der Waals surface area contributed by atoms with Crippen molar-refractivity contribution < 1.29 is 9.53 Å². The fraction of sp³-hybridized carbons (Fsp3) is 0.267. The fourth-order valence-electron chi connectivity index (χ4n) is 1.69. The topological polar surface area (TPSA) is 38.3 Å². The lowest BCUT2D eigenvalue weighted by Crippen LogP contribution is -2.24. The van der Waals surface area contributed by atoms with Crippen molar-refractivity contribution in [2.24, 2.45) is 0 Å². The molecule has 1 unspecified atom stereocenters. The van der Waals surface area contributed by atoms with Gasteiger partial charge in [0.1, 0.15) is 5.75 Å².